The van der Waals surface area contributed by atoms with E-state index in [1.54, 1.807) is 18.2 Å². The highest BCUT2D eigenvalue weighted by atomic mass is 16.7. The van der Waals surface area contributed by atoms with Crippen LogP contribution in [0.15, 0.2) is 18.2 Å². The molecule has 1 aromatic rings. The van der Waals surface area contributed by atoms with Crippen molar-refractivity contribution in [3.63, 3.8) is 0 Å². The maximum Gasteiger partial charge on any atom is 0.231 e. The van der Waals surface area contributed by atoms with Gasteiger partial charge in [-0.1, -0.05) is 0 Å². The Hall–Kier alpha value is -1.55. The van der Waals surface area contributed by atoms with Crippen LogP contribution in [0.25, 0.3) is 0 Å². The highest BCUT2D eigenvalue weighted by Crippen LogP contribution is 2.32. The maximum atomic E-state index is 12.3. The predicted molar refractivity (Wildman–Crippen MR) is 69.2 cm³/mol. The number of hydrogen-bond donors (Lipinski definition) is 1. The van der Waals surface area contributed by atoms with Gasteiger partial charge in [0.1, 0.15) is 0 Å². The van der Waals surface area contributed by atoms with Gasteiger partial charge in [0.25, 0.3) is 0 Å². The molecule has 1 aliphatic rings. The maximum absolute atomic E-state index is 12.3. The van der Waals surface area contributed by atoms with Crippen LogP contribution in [0.3, 0.4) is 0 Å². The molecule has 0 bridgehead atoms. The third-order valence-electron chi connectivity index (χ3n) is 2.70. The third-order valence-corrected chi connectivity index (χ3v) is 2.70. The van der Waals surface area contributed by atoms with Gasteiger partial charge in [0.15, 0.2) is 17.3 Å². The van der Waals surface area contributed by atoms with Gasteiger partial charge in [0.2, 0.25) is 6.79 Å². The summed E-state index contributed by atoms with van der Waals surface area (Å²) < 4.78 is 10.5. The van der Waals surface area contributed by atoms with Gasteiger partial charge in [0, 0.05) is 11.1 Å². The molecule has 4 nitrogen and oxygen atoms in total. The molecule has 0 aliphatic carbocycles. The number of carbonyl (C=O) groups excluding carboxylic acids is 1. The molecule has 1 heterocycles. The third kappa shape index (κ3) is 2.82. The second-order valence-corrected chi connectivity index (χ2v) is 5.55. The smallest absolute Gasteiger partial charge is 0.231 e. The molecular formula is C14H19NO3. The summed E-state index contributed by atoms with van der Waals surface area (Å²) in [6.07, 6.45) is 0. The van der Waals surface area contributed by atoms with E-state index in [1.165, 1.54) is 0 Å². The number of rotatable bonds is 3. The Labute approximate surface area is 107 Å². The molecule has 98 valence electrons. The summed E-state index contributed by atoms with van der Waals surface area (Å²) in [6, 6.07) is 5.06. The standard InChI is InChI=1S/C14H19NO3/c1-9(15-14(2,3)4)13(16)10-5-6-11-12(7-10)18-8-17-11/h5-7,9,15H,8H2,1-4H3. The van der Waals surface area contributed by atoms with Gasteiger partial charge < -0.3 is 14.8 Å². The first-order chi connectivity index (χ1) is 8.37. The van der Waals surface area contributed by atoms with Gasteiger partial charge in [-0.3, -0.25) is 4.79 Å². The molecule has 0 amide bonds. The van der Waals surface area contributed by atoms with Gasteiger partial charge >= 0.3 is 0 Å². The van der Waals surface area contributed by atoms with Gasteiger partial charge in [-0.2, -0.15) is 0 Å². The summed E-state index contributed by atoms with van der Waals surface area (Å²) in [5.74, 6) is 1.40. The van der Waals surface area contributed by atoms with Crippen LogP contribution >= 0.6 is 0 Å². The molecule has 1 aliphatic heterocycles. The molecule has 4 heteroatoms. The molecule has 1 N–H and O–H groups in total. The van der Waals surface area contributed by atoms with Crippen LogP contribution in [-0.2, 0) is 0 Å². The lowest BCUT2D eigenvalue weighted by molar-refractivity contribution is 0.0935. The van der Waals surface area contributed by atoms with E-state index < -0.39 is 0 Å². The van der Waals surface area contributed by atoms with Crippen molar-refractivity contribution in [3.8, 4) is 11.5 Å². The zero-order valence-electron chi connectivity index (χ0n) is 11.2. The average molecular weight is 249 g/mol. The van der Waals surface area contributed by atoms with Crippen molar-refractivity contribution < 1.29 is 14.3 Å². The van der Waals surface area contributed by atoms with E-state index in [4.69, 9.17) is 9.47 Å². The van der Waals surface area contributed by atoms with Gasteiger partial charge in [-0.25, -0.2) is 0 Å². The van der Waals surface area contributed by atoms with Crippen LogP contribution < -0.4 is 14.8 Å². The number of fused-ring (bicyclic) bond motifs is 1. The Morgan fingerprint density at radius 2 is 1.94 bits per heavy atom. The minimum Gasteiger partial charge on any atom is -0.454 e. The van der Waals surface area contributed by atoms with E-state index in [0.717, 1.165) is 0 Å². The van der Waals surface area contributed by atoms with E-state index in [0.29, 0.717) is 17.1 Å². The number of nitrogens with one attached hydrogen (secondary N) is 1. The van der Waals surface area contributed by atoms with Crippen LogP contribution in [0.4, 0.5) is 0 Å². The first-order valence-corrected chi connectivity index (χ1v) is 6.08. The van der Waals surface area contributed by atoms with Crippen LogP contribution in [-0.4, -0.2) is 24.2 Å². The zero-order valence-corrected chi connectivity index (χ0v) is 11.2. The lowest BCUT2D eigenvalue weighted by atomic mass is 10.0. The summed E-state index contributed by atoms with van der Waals surface area (Å²) >= 11 is 0. The summed E-state index contributed by atoms with van der Waals surface area (Å²) in [4.78, 5) is 12.3. The molecule has 0 saturated carbocycles. The van der Waals surface area contributed by atoms with Crippen LogP contribution in [0.1, 0.15) is 38.1 Å². The Morgan fingerprint density at radius 3 is 2.61 bits per heavy atom. The van der Waals surface area contributed by atoms with Gasteiger partial charge in [-0.05, 0) is 45.9 Å². The molecule has 0 fully saturated rings. The van der Waals surface area contributed by atoms with E-state index in [9.17, 15) is 4.79 Å². The van der Waals surface area contributed by atoms with E-state index in [-0.39, 0.29) is 24.2 Å². The van der Waals surface area contributed by atoms with E-state index >= 15 is 0 Å². The SMILES string of the molecule is CC(NC(C)(C)C)C(=O)c1ccc2c(c1)OCO2. The Bertz CT molecular complexity index is 463. The van der Waals surface area contributed by atoms with Crippen molar-refractivity contribution in [1.29, 1.82) is 0 Å². The van der Waals surface area contributed by atoms with Gasteiger partial charge in [0.05, 0.1) is 6.04 Å². The van der Waals surface area contributed by atoms with Crippen molar-refractivity contribution in [1.82, 2.24) is 5.32 Å². The Morgan fingerprint density at radius 1 is 1.28 bits per heavy atom. The second kappa shape index (κ2) is 4.61. The highest BCUT2D eigenvalue weighted by molar-refractivity contribution is 6.00. The number of Topliss-reactive ketones (excluding diaryl/α,β-unsaturated/α-hetero) is 1. The minimum absolute atomic E-state index is 0.0585. The monoisotopic (exact) mass is 249 g/mol. The predicted octanol–water partition coefficient (Wildman–Crippen LogP) is 2.37. The summed E-state index contributed by atoms with van der Waals surface area (Å²) in [7, 11) is 0. The quantitative estimate of drug-likeness (QED) is 0.835. The lowest BCUT2D eigenvalue weighted by Crippen LogP contribution is -2.46. The topological polar surface area (TPSA) is 47.6 Å². The summed E-state index contributed by atoms with van der Waals surface area (Å²) in [5, 5.41) is 3.26. The first kappa shape index (κ1) is 12.9. The van der Waals surface area contributed by atoms with Gasteiger partial charge in [-0.15, -0.1) is 0 Å². The molecule has 1 unspecified atom stereocenters. The zero-order chi connectivity index (χ0) is 13.3. The molecule has 18 heavy (non-hydrogen) atoms. The number of hydrogen-bond acceptors (Lipinski definition) is 4. The molecule has 0 saturated heterocycles. The summed E-state index contributed by atoms with van der Waals surface area (Å²) in [5.41, 5.74) is 0.550. The molecule has 0 radical (unpaired) electrons. The minimum atomic E-state index is -0.231. The molecule has 2 rings (SSSR count). The van der Waals surface area contributed by atoms with Crippen LogP contribution in [0, 0.1) is 0 Å². The fraction of sp³-hybridized carbons (Fsp3) is 0.500. The number of ether oxygens (including phenoxy) is 2. The van der Waals surface area contributed by atoms with Crippen molar-refractivity contribution in [2.24, 2.45) is 0 Å². The number of benzene rings is 1. The second-order valence-electron chi connectivity index (χ2n) is 5.55. The molecular weight excluding hydrogens is 230 g/mol. The lowest BCUT2D eigenvalue weighted by Gasteiger charge is -2.25. The summed E-state index contributed by atoms with van der Waals surface area (Å²) in [6.45, 7) is 8.21. The number of ketones is 1. The molecule has 0 spiro atoms. The molecule has 0 aromatic heterocycles. The van der Waals surface area contributed by atoms with Crippen LogP contribution in [0.5, 0.6) is 11.5 Å². The van der Waals surface area contributed by atoms with Crippen molar-refractivity contribution >= 4 is 5.78 Å². The Balaban J connectivity index is 2.14. The van der Waals surface area contributed by atoms with Crippen LogP contribution in [0.2, 0.25) is 0 Å². The van der Waals surface area contributed by atoms with E-state index in [2.05, 4.69) is 5.32 Å². The normalized spacial score (nSPS) is 15.6. The first-order valence-electron chi connectivity index (χ1n) is 6.08. The fourth-order valence-corrected chi connectivity index (χ4v) is 2.01. The average Bonchev–Trinajstić information content (AvgIpc) is 2.72. The number of carbonyl (C=O) groups is 1. The Kier molecular flexibility index (Phi) is 3.30. The van der Waals surface area contributed by atoms with Crippen molar-refractivity contribution in [3.05, 3.63) is 23.8 Å². The largest absolute Gasteiger partial charge is 0.454 e. The fourth-order valence-electron chi connectivity index (χ4n) is 2.01. The van der Waals surface area contributed by atoms with Crippen molar-refractivity contribution in [2.45, 2.75) is 39.3 Å². The van der Waals surface area contributed by atoms with Crippen molar-refractivity contribution in [2.75, 3.05) is 6.79 Å². The highest BCUT2D eigenvalue weighted by Gasteiger charge is 2.22. The van der Waals surface area contributed by atoms with E-state index in [1.807, 2.05) is 27.7 Å². The molecule has 1 aromatic carbocycles. The molecule has 1 atom stereocenters.